The van der Waals surface area contributed by atoms with E-state index in [0.717, 1.165) is 38.5 Å². The van der Waals surface area contributed by atoms with Crippen LogP contribution in [-0.4, -0.2) is 10.1 Å². The summed E-state index contributed by atoms with van der Waals surface area (Å²) < 4.78 is 5.35. The van der Waals surface area contributed by atoms with E-state index in [1.807, 2.05) is 0 Å². The van der Waals surface area contributed by atoms with E-state index in [1.165, 1.54) is 11.1 Å². The molecule has 1 saturated carbocycles. The van der Waals surface area contributed by atoms with Crippen molar-refractivity contribution < 1.29 is 4.52 Å². The van der Waals surface area contributed by atoms with Gasteiger partial charge in [-0.25, -0.2) is 0 Å². The minimum absolute atomic E-state index is 0.356. The van der Waals surface area contributed by atoms with Gasteiger partial charge in [-0.15, -0.1) is 0 Å². The second-order valence-corrected chi connectivity index (χ2v) is 5.86. The van der Waals surface area contributed by atoms with Crippen LogP contribution in [-0.2, 0) is 18.4 Å². The maximum Gasteiger partial charge on any atom is 0.227 e. The van der Waals surface area contributed by atoms with Gasteiger partial charge < -0.3 is 10.3 Å². The second-order valence-electron chi connectivity index (χ2n) is 5.86. The number of nitrogens with two attached hydrogens (primary N) is 1. The zero-order valence-corrected chi connectivity index (χ0v) is 11.9. The summed E-state index contributed by atoms with van der Waals surface area (Å²) in [6, 6.07) is 8.55. The first-order valence-corrected chi connectivity index (χ1v) is 7.33. The Labute approximate surface area is 119 Å². The van der Waals surface area contributed by atoms with E-state index in [2.05, 4.69) is 41.3 Å². The van der Waals surface area contributed by atoms with Crippen molar-refractivity contribution >= 4 is 0 Å². The van der Waals surface area contributed by atoms with Gasteiger partial charge in [0.1, 0.15) is 0 Å². The van der Waals surface area contributed by atoms with Crippen molar-refractivity contribution in [2.75, 3.05) is 0 Å². The zero-order chi connectivity index (χ0) is 14.0. The van der Waals surface area contributed by atoms with Crippen molar-refractivity contribution in [2.24, 2.45) is 5.73 Å². The zero-order valence-electron chi connectivity index (χ0n) is 11.9. The summed E-state index contributed by atoms with van der Waals surface area (Å²) >= 11 is 0. The average molecular weight is 271 g/mol. The lowest BCUT2D eigenvalue weighted by Gasteiger charge is -2.17. The van der Waals surface area contributed by atoms with Gasteiger partial charge >= 0.3 is 0 Å². The molecule has 1 fully saturated rings. The van der Waals surface area contributed by atoms with Crippen LogP contribution in [0.3, 0.4) is 0 Å². The van der Waals surface area contributed by atoms with Crippen LogP contribution in [0.2, 0.25) is 0 Å². The Morgan fingerprint density at radius 2 is 1.85 bits per heavy atom. The van der Waals surface area contributed by atoms with Gasteiger partial charge in [0.15, 0.2) is 5.82 Å². The van der Waals surface area contributed by atoms with Crippen LogP contribution in [0, 0.1) is 6.92 Å². The smallest absolute Gasteiger partial charge is 0.227 e. The highest BCUT2D eigenvalue weighted by Crippen LogP contribution is 2.34. The topological polar surface area (TPSA) is 64.9 Å². The monoisotopic (exact) mass is 271 g/mol. The summed E-state index contributed by atoms with van der Waals surface area (Å²) in [4.78, 5) is 4.49. The molecule has 4 heteroatoms. The van der Waals surface area contributed by atoms with Crippen LogP contribution in [0.1, 0.15) is 48.5 Å². The van der Waals surface area contributed by atoms with Gasteiger partial charge in [-0.2, -0.15) is 4.98 Å². The van der Waals surface area contributed by atoms with Crippen molar-refractivity contribution in [3.8, 4) is 0 Å². The number of hydrogen-bond donors (Lipinski definition) is 1. The molecule has 106 valence electrons. The highest BCUT2D eigenvalue weighted by Gasteiger charge is 2.35. The Hall–Kier alpha value is -1.68. The van der Waals surface area contributed by atoms with Gasteiger partial charge in [-0.05, 0) is 31.7 Å². The fraction of sp³-hybridized carbons (Fsp3) is 0.500. The molecule has 20 heavy (non-hydrogen) atoms. The third-order valence-corrected chi connectivity index (χ3v) is 4.16. The van der Waals surface area contributed by atoms with Crippen molar-refractivity contribution in [1.29, 1.82) is 0 Å². The maximum absolute atomic E-state index is 6.33. The van der Waals surface area contributed by atoms with Crippen LogP contribution < -0.4 is 5.73 Å². The summed E-state index contributed by atoms with van der Waals surface area (Å²) in [6.45, 7) is 2.09. The molecule has 1 aromatic carbocycles. The van der Waals surface area contributed by atoms with Crippen LogP contribution in [0.5, 0.6) is 0 Å². The Kier molecular flexibility index (Phi) is 3.57. The molecule has 3 rings (SSSR count). The van der Waals surface area contributed by atoms with Gasteiger partial charge in [0, 0.05) is 6.42 Å². The fourth-order valence-electron chi connectivity index (χ4n) is 2.79. The molecule has 4 nitrogen and oxygen atoms in total. The molecule has 0 amide bonds. The molecule has 0 spiro atoms. The number of rotatable bonds is 4. The van der Waals surface area contributed by atoms with Crippen LogP contribution in [0.25, 0.3) is 0 Å². The van der Waals surface area contributed by atoms with Gasteiger partial charge in [-0.1, -0.05) is 47.8 Å². The first-order valence-electron chi connectivity index (χ1n) is 7.33. The molecule has 0 unspecified atom stereocenters. The quantitative estimate of drug-likeness (QED) is 0.928. The molecule has 0 aliphatic heterocycles. The molecule has 0 radical (unpaired) electrons. The number of hydrogen-bond acceptors (Lipinski definition) is 4. The van der Waals surface area contributed by atoms with Gasteiger partial charge in [0.2, 0.25) is 5.89 Å². The predicted molar refractivity (Wildman–Crippen MR) is 77.2 cm³/mol. The number of aromatic nitrogens is 2. The van der Waals surface area contributed by atoms with E-state index in [1.54, 1.807) is 0 Å². The lowest BCUT2D eigenvalue weighted by atomic mass is 9.99. The standard InChI is InChI=1S/C16H21N3O/c1-12-4-6-13(7-5-12)8-9-14-18-15(19-20-14)16(17)10-2-3-11-16/h4-7H,2-3,8-11,17H2,1H3. The predicted octanol–water partition coefficient (Wildman–Crippen LogP) is 2.89. The van der Waals surface area contributed by atoms with E-state index in [9.17, 15) is 0 Å². The third-order valence-electron chi connectivity index (χ3n) is 4.16. The molecule has 2 N–H and O–H groups in total. The lowest BCUT2D eigenvalue weighted by molar-refractivity contribution is 0.348. The van der Waals surface area contributed by atoms with Crippen molar-refractivity contribution in [1.82, 2.24) is 10.1 Å². The number of nitrogens with zero attached hydrogens (tertiary/aromatic N) is 2. The fourth-order valence-corrected chi connectivity index (χ4v) is 2.79. The maximum atomic E-state index is 6.33. The van der Waals surface area contributed by atoms with E-state index in [-0.39, 0.29) is 5.54 Å². The summed E-state index contributed by atoms with van der Waals surface area (Å²) in [5.41, 5.74) is 8.55. The highest BCUT2D eigenvalue weighted by molar-refractivity contribution is 5.21. The normalized spacial score (nSPS) is 17.5. The molecule has 0 bridgehead atoms. The largest absolute Gasteiger partial charge is 0.339 e. The van der Waals surface area contributed by atoms with Gasteiger partial charge in [0.25, 0.3) is 0 Å². The summed E-state index contributed by atoms with van der Waals surface area (Å²) in [5, 5.41) is 4.09. The van der Waals surface area contributed by atoms with Gasteiger partial charge in [0.05, 0.1) is 5.54 Å². The first-order chi connectivity index (χ1) is 9.66. The van der Waals surface area contributed by atoms with E-state index >= 15 is 0 Å². The number of benzene rings is 1. The molecule has 1 heterocycles. The van der Waals surface area contributed by atoms with E-state index in [0.29, 0.717) is 11.7 Å². The van der Waals surface area contributed by atoms with Crippen LogP contribution in [0.15, 0.2) is 28.8 Å². The van der Waals surface area contributed by atoms with Gasteiger partial charge in [-0.3, -0.25) is 0 Å². The molecule has 0 saturated heterocycles. The Morgan fingerprint density at radius 3 is 2.55 bits per heavy atom. The van der Waals surface area contributed by atoms with Crippen LogP contribution in [0.4, 0.5) is 0 Å². The number of aryl methyl sites for hydroxylation is 3. The minimum Gasteiger partial charge on any atom is -0.339 e. The Balaban J connectivity index is 1.64. The first kappa shape index (κ1) is 13.3. The summed E-state index contributed by atoms with van der Waals surface area (Å²) in [7, 11) is 0. The Morgan fingerprint density at radius 1 is 1.15 bits per heavy atom. The van der Waals surface area contributed by atoms with Crippen molar-refractivity contribution in [3.63, 3.8) is 0 Å². The van der Waals surface area contributed by atoms with Crippen molar-refractivity contribution in [3.05, 3.63) is 47.1 Å². The van der Waals surface area contributed by atoms with E-state index in [4.69, 9.17) is 10.3 Å². The van der Waals surface area contributed by atoms with E-state index < -0.39 is 0 Å². The Bertz CT molecular complexity index is 568. The molecule has 1 aliphatic rings. The SMILES string of the molecule is Cc1ccc(CCc2nc(C3(N)CCCC3)no2)cc1. The van der Waals surface area contributed by atoms with Crippen LogP contribution >= 0.6 is 0 Å². The molecule has 0 atom stereocenters. The third kappa shape index (κ3) is 2.75. The second kappa shape index (κ2) is 5.37. The molecular formula is C16H21N3O. The lowest BCUT2D eigenvalue weighted by Crippen LogP contribution is -2.34. The van der Waals surface area contributed by atoms with Crippen molar-refractivity contribution in [2.45, 2.75) is 51.0 Å². The highest BCUT2D eigenvalue weighted by atomic mass is 16.5. The summed E-state index contributed by atoms with van der Waals surface area (Å²) in [6.07, 6.45) is 5.92. The average Bonchev–Trinajstić information content (AvgIpc) is 3.08. The molecule has 1 aromatic heterocycles. The molecule has 1 aliphatic carbocycles. The summed E-state index contributed by atoms with van der Waals surface area (Å²) in [5.74, 6) is 1.38. The minimum atomic E-state index is -0.356. The molecular weight excluding hydrogens is 250 g/mol. The molecule has 2 aromatic rings.